The Kier molecular flexibility index (Phi) is 2.96. The fourth-order valence-corrected chi connectivity index (χ4v) is 1.70. The van der Waals surface area contributed by atoms with Crippen LogP contribution in [0, 0.1) is 17.1 Å². The van der Waals surface area contributed by atoms with Crippen molar-refractivity contribution in [1.82, 2.24) is 0 Å². The van der Waals surface area contributed by atoms with Gasteiger partial charge < -0.3 is 9.47 Å². The average molecular weight is 235 g/mol. The minimum atomic E-state index is -0.972. The lowest BCUT2D eigenvalue weighted by Crippen LogP contribution is -2.17. The third-order valence-electron chi connectivity index (χ3n) is 2.49. The van der Waals surface area contributed by atoms with Gasteiger partial charge >= 0.3 is 0 Å². The number of fused-ring (bicyclic) bond motifs is 1. The van der Waals surface area contributed by atoms with Crippen molar-refractivity contribution in [2.75, 3.05) is 13.2 Å². The summed E-state index contributed by atoms with van der Waals surface area (Å²) < 4.78 is 24.0. The van der Waals surface area contributed by atoms with E-state index in [4.69, 9.17) is 14.7 Å². The minimum absolute atomic E-state index is 0.0419. The zero-order valence-electron chi connectivity index (χ0n) is 9.20. The lowest BCUT2D eigenvalue weighted by molar-refractivity contribution is -0.117. The zero-order chi connectivity index (χ0) is 12.4. The van der Waals surface area contributed by atoms with Crippen molar-refractivity contribution in [3.05, 3.63) is 23.5 Å². The Hall–Kier alpha value is -2.09. The van der Waals surface area contributed by atoms with Crippen LogP contribution in [-0.4, -0.2) is 19.0 Å². The Morgan fingerprint density at radius 3 is 2.82 bits per heavy atom. The third-order valence-corrected chi connectivity index (χ3v) is 2.49. The smallest absolute Gasteiger partial charge is 0.197 e. The summed E-state index contributed by atoms with van der Waals surface area (Å²) in [7, 11) is 0. The maximum atomic E-state index is 13.7. The molecule has 0 N–H and O–H groups in total. The summed E-state index contributed by atoms with van der Waals surface area (Å²) in [6, 6.07) is 4.46. The molecule has 1 aliphatic rings. The van der Waals surface area contributed by atoms with Gasteiger partial charge in [-0.2, -0.15) is 5.26 Å². The fraction of sp³-hybridized carbons (Fsp3) is 0.333. The zero-order valence-corrected chi connectivity index (χ0v) is 9.20. The van der Waals surface area contributed by atoms with Crippen molar-refractivity contribution >= 4 is 5.78 Å². The van der Waals surface area contributed by atoms with Crippen molar-refractivity contribution in [1.29, 1.82) is 5.26 Å². The molecule has 1 aromatic carbocycles. The molecule has 4 nitrogen and oxygen atoms in total. The van der Waals surface area contributed by atoms with Gasteiger partial charge in [0.15, 0.2) is 23.1 Å². The lowest BCUT2D eigenvalue weighted by atomic mass is 9.96. The standard InChI is InChI=1S/C12H10FNO3/c1-7(15)9(6-14)8-4-10(13)12-11(5-8)16-2-3-17-12/h4-5,9H,2-3H2,1H3. The summed E-state index contributed by atoms with van der Waals surface area (Å²) in [4.78, 5) is 11.2. The van der Waals surface area contributed by atoms with E-state index < -0.39 is 11.7 Å². The number of nitriles is 1. The second kappa shape index (κ2) is 4.42. The number of Topliss-reactive ketones (excluding diaryl/α,β-unsaturated/α-hetero) is 1. The first-order valence-electron chi connectivity index (χ1n) is 5.12. The predicted molar refractivity (Wildman–Crippen MR) is 56.4 cm³/mol. The highest BCUT2D eigenvalue weighted by Gasteiger charge is 2.23. The molecule has 2 rings (SSSR count). The number of hydrogen-bond acceptors (Lipinski definition) is 4. The molecule has 5 heteroatoms. The maximum absolute atomic E-state index is 13.7. The molecule has 0 spiro atoms. The van der Waals surface area contributed by atoms with E-state index in [1.165, 1.54) is 13.0 Å². The van der Waals surface area contributed by atoms with Gasteiger partial charge in [-0.05, 0) is 24.6 Å². The van der Waals surface area contributed by atoms with Gasteiger partial charge in [-0.1, -0.05) is 0 Å². The molecule has 0 saturated carbocycles. The monoisotopic (exact) mass is 235 g/mol. The van der Waals surface area contributed by atoms with Gasteiger partial charge in [-0.3, -0.25) is 4.79 Å². The Bertz CT molecular complexity index is 507. The van der Waals surface area contributed by atoms with Crippen LogP contribution in [0.4, 0.5) is 4.39 Å². The third kappa shape index (κ3) is 2.07. The van der Waals surface area contributed by atoms with Gasteiger partial charge in [0.2, 0.25) is 0 Å². The maximum Gasteiger partial charge on any atom is 0.197 e. The molecule has 1 unspecified atom stereocenters. The van der Waals surface area contributed by atoms with Crippen molar-refractivity contribution in [3.8, 4) is 17.6 Å². The van der Waals surface area contributed by atoms with E-state index in [1.54, 1.807) is 0 Å². The van der Waals surface area contributed by atoms with E-state index in [0.717, 1.165) is 6.07 Å². The topological polar surface area (TPSA) is 59.3 Å². The van der Waals surface area contributed by atoms with Gasteiger partial charge in [-0.25, -0.2) is 4.39 Å². The van der Waals surface area contributed by atoms with E-state index >= 15 is 0 Å². The van der Waals surface area contributed by atoms with Crippen molar-refractivity contribution in [2.24, 2.45) is 0 Å². The summed E-state index contributed by atoms with van der Waals surface area (Å²) in [6.45, 7) is 1.91. The molecule has 0 saturated heterocycles. The second-order valence-electron chi connectivity index (χ2n) is 3.70. The summed E-state index contributed by atoms with van der Waals surface area (Å²) >= 11 is 0. The van der Waals surface area contributed by atoms with E-state index in [2.05, 4.69) is 0 Å². The first kappa shape index (κ1) is 11.4. The van der Waals surface area contributed by atoms with E-state index in [1.807, 2.05) is 6.07 Å². The number of carbonyl (C=O) groups is 1. The van der Waals surface area contributed by atoms with E-state index in [-0.39, 0.29) is 23.9 Å². The molecule has 17 heavy (non-hydrogen) atoms. The van der Waals surface area contributed by atoms with Crippen LogP contribution in [0.15, 0.2) is 12.1 Å². The number of benzene rings is 1. The van der Waals surface area contributed by atoms with Crippen LogP contribution in [0.1, 0.15) is 18.4 Å². The van der Waals surface area contributed by atoms with Crippen LogP contribution >= 0.6 is 0 Å². The quantitative estimate of drug-likeness (QED) is 0.784. The molecule has 0 aliphatic carbocycles. The summed E-state index contributed by atoms with van der Waals surface area (Å²) in [5.74, 6) is -1.63. The van der Waals surface area contributed by atoms with Crippen LogP contribution in [0.2, 0.25) is 0 Å². The van der Waals surface area contributed by atoms with Gasteiger partial charge in [0.05, 0.1) is 6.07 Å². The molecular formula is C12H10FNO3. The summed E-state index contributed by atoms with van der Waals surface area (Å²) in [6.07, 6.45) is 0. The molecular weight excluding hydrogens is 225 g/mol. The predicted octanol–water partition coefficient (Wildman–Crippen LogP) is 1.79. The molecule has 0 amide bonds. The Labute approximate surface area is 97.6 Å². The molecule has 1 aliphatic heterocycles. The molecule has 1 heterocycles. The fourth-order valence-electron chi connectivity index (χ4n) is 1.70. The molecule has 0 aromatic heterocycles. The highest BCUT2D eigenvalue weighted by molar-refractivity contribution is 5.86. The first-order valence-corrected chi connectivity index (χ1v) is 5.12. The summed E-state index contributed by atoms with van der Waals surface area (Å²) in [5.41, 5.74) is 0.293. The molecule has 0 bridgehead atoms. The van der Waals surface area contributed by atoms with Crippen LogP contribution in [0.5, 0.6) is 11.5 Å². The Balaban J connectivity index is 2.47. The second-order valence-corrected chi connectivity index (χ2v) is 3.70. The van der Waals surface area contributed by atoms with Gasteiger partial charge in [-0.15, -0.1) is 0 Å². The van der Waals surface area contributed by atoms with E-state index in [9.17, 15) is 9.18 Å². The van der Waals surface area contributed by atoms with Crippen molar-refractivity contribution < 1.29 is 18.7 Å². The first-order chi connectivity index (χ1) is 8.13. The van der Waals surface area contributed by atoms with Gasteiger partial charge in [0.25, 0.3) is 0 Å². The van der Waals surface area contributed by atoms with Crippen LogP contribution in [0.25, 0.3) is 0 Å². The molecule has 0 radical (unpaired) electrons. The van der Waals surface area contributed by atoms with E-state index in [0.29, 0.717) is 12.2 Å². The molecule has 1 atom stereocenters. The lowest BCUT2D eigenvalue weighted by Gasteiger charge is -2.20. The van der Waals surface area contributed by atoms with Crippen molar-refractivity contribution in [2.45, 2.75) is 12.8 Å². The minimum Gasteiger partial charge on any atom is -0.486 e. The number of hydrogen-bond donors (Lipinski definition) is 0. The molecule has 0 fully saturated rings. The van der Waals surface area contributed by atoms with Gasteiger partial charge in [0.1, 0.15) is 19.1 Å². The van der Waals surface area contributed by atoms with Gasteiger partial charge in [0, 0.05) is 0 Å². The highest BCUT2D eigenvalue weighted by atomic mass is 19.1. The Morgan fingerprint density at radius 2 is 2.18 bits per heavy atom. The number of nitrogens with zero attached hydrogens (tertiary/aromatic N) is 1. The van der Waals surface area contributed by atoms with Crippen molar-refractivity contribution in [3.63, 3.8) is 0 Å². The largest absolute Gasteiger partial charge is 0.486 e. The highest BCUT2D eigenvalue weighted by Crippen LogP contribution is 2.36. The number of halogens is 1. The number of carbonyl (C=O) groups excluding carboxylic acids is 1. The number of ether oxygens (including phenoxy) is 2. The SMILES string of the molecule is CC(=O)C(C#N)c1cc(F)c2c(c1)OCCO2. The number of ketones is 1. The van der Waals surface area contributed by atoms with Crippen LogP contribution < -0.4 is 9.47 Å². The normalized spacial score (nSPS) is 14.9. The number of rotatable bonds is 2. The molecule has 88 valence electrons. The molecule has 1 aromatic rings. The average Bonchev–Trinajstić information content (AvgIpc) is 2.29. The Morgan fingerprint density at radius 1 is 1.47 bits per heavy atom. The summed E-state index contributed by atoms with van der Waals surface area (Å²) in [5, 5.41) is 8.88. The van der Waals surface area contributed by atoms with Crippen LogP contribution in [0.3, 0.4) is 0 Å². The van der Waals surface area contributed by atoms with Crippen LogP contribution in [-0.2, 0) is 4.79 Å².